The van der Waals surface area contributed by atoms with Crippen molar-refractivity contribution in [3.8, 4) is 0 Å². The van der Waals surface area contributed by atoms with E-state index in [0.29, 0.717) is 10.7 Å². The van der Waals surface area contributed by atoms with Crippen molar-refractivity contribution in [3.05, 3.63) is 45.1 Å². The predicted molar refractivity (Wildman–Crippen MR) is 86.6 cm³/mol. The lowest BCUT2D eigenvalue weighted by Gasteiger charge is -2.07. The van der Waals surface area contributed by atoms with Crippen molar-refractivity contribution < 1.29 is 14.3 Å². The van der Waals surface area contributed by atoms with Gasteiger partial charge in [-0.1, -0.05) is 0 Å². The second-order valence-electron chi connectivity index (χ2n) is 4.91. The van der Waals surface area contributed by atoms with Gasteiger partial charge in [-0.05, 0) is 6.92 Å². The van der Waals surface area contributed by atoms with Gasteiger partial charge in [0.05, 0.1) is 18.5 Å². The van der Waals surface area contributed by atoms with E-state index < -0.39 is 17.4 Å². The summed E-state index contributed by atoms with van der Waals surface area (Å²) in [6, 6.07) is 0. The number of thiazole rings is 1. The molecule has 0 aliphatic carbocycles. The van der Waals surface area contributed by atoms with Gasteiger partial charge in [0.25, 0.3) is 11.5 Å². The third-order valence-electron chi connectivity index (χ3n) is 3.43. The highest BCUT2D eigenvalue weighted by atomic mass is 32.1. The molecule has 0 atom stereocenters. The summed E-state index contributed by atoms with van der Waals surface area (Å²) in [7, 11) is 2.79. The number of fused-ring (bicyclic) bond motifs is 1. The van der Waals surface area contributed by atoms with Crippen LogP contribution >= 0.6 is 11.3 Å². The van der Waals surface area contributed by atoms with E-state index in [4.69, 9.17) is 4.74 Å². The summed E-state index contributed by atoms with van der Waals surface area (Å²) in [6.45, 7) is 1.63. The minimum Gasteiger partial charge on any atom is -0.464 e. The van der Waals surface area contributed by atoms with Crippen LogP contribution in [-0.2, 0) is 11.8 Å². The van der Waals surface area contributed by atoms with Crippen LogP contribution < -0.4 is 10.9 Å². The van der Waals surface area contributed by atoms with Crippen LogP contribution in [-0.4, -0.2) is 38.2 Å². The molecule has 0 bridgehead atoms. The molecule has 124 valence electrons. The first kappa shape index (κ1) is 15.9. The second kappa shape index (κ2) is 5.89. The smallest absolute Gasteiger partial charge is 0.358 e. The molecule has 3 aromatic heterocycles. The van der Waals surface area contributed by atoms with Crippen molar-refractivity contribution in [1.82, 2.24) is 19.2 Å². The average Bonchev–Trinajstić information content (AvgIpc) is 3.12. The van der Waals surface area contributed by atoms with Crippen molar-refractivity contribution in [2.24, 2.45) is 7.05 Å². The van der Waals surface area contributed by atoms with E-state index in [1.165, 1.54) is 33.7 Å². The van der Waals surface area contributed by atoms with E-state index in [2.05, 4.69) is 15.4 Å². The highest BCUT2D eigenvalue weighted by Gasteiger charge is 2.24. The topological polar surface area (TPSA) is 108 Å². The Hall–Kier alpha value is -3.01. The summed E-state index contributed by atoms with van der Waals surface area (Å²) >= 11 is 1.29. The number of ether oxygens (including phenoxy) is 1. The van der Waals surface area contributed by atoms with Crippen molar-refractivity contribution in [2.75, 3.05) is 12.4 Å². The average molecular weight is 347 g/mol. The summed E-state index contributed by atoms with van der Waals surface area (Å²) in [5.74, 6) is -1.31. The Balaban J connectivity index is 2.02. The molecule has 0 saturated carbocycles. The van der Waals surface area contributed by atoms with E-state index in [-0.39, 0.29) is 16.9 Å². The van der Waals surface area contributed by atoms with Gasteiger partial charge in [0.15, 0.2) is 10.7 Å². The maximum absolute atomic E-state index is 12.5. The van der Waals surface area contributed by atoms with E-state index in [9.17, 15) is 14.4 Å². The van der Waals surface area contributed by atoms with Gasteiger partial charge < -0.3 is 10.1 Å². The fourth-order valence-electron chi connectivity index (χ4n) is 2.30. The Bertz CT molecular complexity index is 1020. The molecular weight excluding hydrogens is 334 g/mol. The van der Waals surface area contributed by atoms with Gasteiger partial charge in [0.1, 0.15) is 5.56 Å². The van der Waals surface area contributed by atoms with E-state index in [1.807, 2.05) is 0 Å². The zero-order valence-corrected chi connectivity index (χ0v) is 13.9. The number of rotatable bonds is 3. The maximum Gasteiger partial charge on any atom is 0.358 e. The lowest BCUT2D eigenvalue weighted by molar-refractivity contribution is 0.0589. The predicted octanol–water partition coefficient (Wildman–Crippen LogP) is 0.837. The molecule has 24 heavy (non-hydrogen) atoms. The number of carbonyl (C=O) groups excluding carboxylic acids is 2. The number of amides is 1. The molecule has 3 heterocycles. The lowest BCUT2D eigenvalue weighted by atomic mass is 10.2. The highest BCUT2D eigenvalue weighted by molar-refractivity contribution is 7.15. The van der Waals surface area contributed by atoms with E-state index >= 15 is 0 Å². The highest BCUT2D eigenvalue weighted by Crippen LogP contribution is 2.21. The lowest BCUT2D eigenvalue weighted by Crippen LogP contribution is -2.26. The molecule has 0 spiro atoms. The molecule has 0 aromatic carbocycles. The Morgan fingerprint density at radius 3 is 2.83 bits per heavy atom. The van der Waals surface area contributed by atoms with Gasteiger partial charge >= 0.3 is 5.97 Å². The van der Waals surface area contributed by atoms with Crippen molar-refractivity contribution >= 4 is 33.9 Å². The molecule has 1 N–H and O–H groups in total. The number of aromatic nitrogens is 4. The Morgan fingerprint density at radius 2 is 2.12 bits per heavy atom. The molecule has 1 amide bonds. The molecule has 9 nitrogen and oxygen atoms in total. The van der Waals surface area contributed by atoms with Crippen LogP contribution in [0.15, 0.2) is 22.6 Å². The Labute approximate surface area is 139 Å². The van der Waals surface area contributed by atoms with Crippen LogP contribution in [0, 0.1) is 6.92 Å². The number of nitrogens with one attached hydrogen (secondary N) is 1. The van der Waals surface area contributed by atoms with Gasteiger partial charge in [-0.25, -0.2) is 9.78 Å². The van der Waals surface area contributed by atoms with Crippen LogP contribution in [0.1, 0.15) is 26.5 Å². The molecule has 3 rings (SSSR count). The number of carbonyl (C=O) groups is 2. The summed E-state index contributed by atoms with van der Waals surface area (Å²) in [6.07, 6.45) is 2.76. The van der Waals surface area contributed by atoms with Gasteiger partial charge in [-0.3, -0.25) is 18.7 Å². The number of hydrogen-bond acceptors (Lipinski definition) is 7. The first-order chi connectivity index (χ1) is 11.4. The first-order valence-electron chi connectivity index (χ1n) is 6.82. The van der Waals surface area contributed by atoms with Crippen molar-refractivity contribution in [1.29, 1.82) is 0 Å². The zero-order valence-electron chi connectivity index (χ0n) is 13.1. The normalized spacial score (nSPS) is 10.8. The molecular formula is C14H13N5O4S. The summed E-state index contributed by atoms with van der Waals surface area (Å²) < 4.78 is 7.30. The fourth-order valence-corrected chi connectivity index (χ4v) is 2.98. The summed E-state index contributed by atoms with van der Waals surface area (Å²) in [4.78, 5) is 41.3. The summed E-state index contributed by atoms with van der Waals surface area (Å²) in [5.41, 5.74) is 0.0954. The molecule has 0 aliphatic rings. The molecule has 3 aromatic rings. The zero-order chi connectivity index (χ0) is 17.4. The number of anilines is 1. The number of nitrogens with zero attached hydrogens (tertiary/aromatic N) is 4. The van der Waals surface area contributed by atoms with Gasteiger partial charge in [0.2, 0.25) is 0 Å². The Kier molecular flexibility index (Phi) is 3.89. The third kappa shape index (κ3) is 2.46. The minimum absolute atomic E-state index is 0.0908. The standard InChI is InChI=1S/C14H13N5O4S/c1-7-9(10(13(22)23-3)18(2)17-7)16-11(20)8-6-15-14-19(12(8)21)4-5-24-14/h4-6H,1-3H3,(H,16,20). The van der Waals surface area contributed by atoms with Crippen LogP contribution in [0.3, 0.4) is 0 Å². The van der Waals surface area contributed by atoms with Crippen molar-refractivity contribution in [3.63, 3.8) is 0 Å². The number of esters is 1. The molecule has 0 aliphatic heterocycles. The SMILES string of the molecule is COC(=O)c1c(NC(=O)c2cnc3sccn3c2=O)c(C)nn1C. The third-order valence-corrected chi connectivity index (χ3v) is 4.20. The molecule has 0 radical (unpaired) electrons. The maximum atomic E-state index is 12.5. The van der Waals surface area contributed by atoms with E-state index in [1.54, 1.807) is 25.5 Å². The van der Waals surface area contributed by atoms with Crippen LogP contribution in [0.25, 0.3) is 4.96 Å². The second-order valence-corrected chi connectivity index (χ2v) is 5.78. The number of methoxy groups -OCH3 is 1. The fraction of sp³-hybridized carbons (Fsp3) is 0.214. The molecule has 10 heteroatoms. The monoisotopic (exact) mass is 347 g/mol. The van der Waals surface area contributed by atoms with Gasteiger partial charge in [-0.2, -0.15) is 5.10 Å². The largest absolute Gasteiger partial charge is 0.464 e. The number of aryl methyl sites for hydroxylation is 2. The van der Waals surface area contributed by atoms with Crippen LogP contribution in [0.5, 0.6) is 0 Å². The molecule has 0 fully saturated rings. The number of hydrogen-bond donors (Lipinski definition) is 1. The van der Waals surface area contributed by atoms with Gasteiger partial charge in [-0.15, -0.1) is 11.3 Å². The summed E-state index contributed by atoms with van der Waals surface area (Å²) in [5, 5.41) is 8.35. The van der Waals surface area contributed by atoms with Crippen LogP contribution in [0.4, 0.5) is 5.69 Å². The van der Waals surface area contributed by atoms with Crippen LogP contribution in [0.2, 0.25) is 0 Å². The quantitative estimate of drug-likeness (QED) is 0.703. The van der Waals surface area contributed by atoms with Crippen molar-refractivity contribution in [2.45, 2.75) is 6.92 Å². The molecule has 0 saturated heterocycles. The first-order valence-corrected chi connectivity index (χ1v) is 7.70. The van der Waals surface area contributed by atoms with E-state index in [0.717, 1.165) is 0 Å². The van der Waals surface area contributed by atoms with Gasteiger partial charge in [0, 0.05) is 24.8 Å². The Morgan fingerprint density at radius 1 is 1.38 bits per heavy atom. The minimum atomic E-state index is -0.672. The molecule has 0 unspecified atom stereocenters.